The van der Waals surface area contributed by atoms with E-state index in [1.165, 1.54) is 23.7 Å². The Balaban J connectivity index is 2.09. The predicted octanol–water partition coefficient (Wildman–Crippen LogP) is 0.489. The monoisotopic (exact) mass is 372 g/mol. The van der Waals surface area contributed by atoms with Crippen molar-refractivity contribution < 1.29 is 4.39 Å². The van der Waals surface area contributed by atoms with E-state index in [9.17, 15) is 14.0 Å². The molecule has 0 bridgehead atoms. The first-order chi connectivity index (χ1) is 12.9. The van der Waals surface area contributed by atoms with Gasteiger partial charge in [-0.1, -0.05) is 6.07 Å². The van der Waals surface area contributed by atoms with Crippen LogP contribution >= 0.6 is 0 Å². The summed E-state index contributed by atoms with van der Waals surface area (Å²) in [5.74, 6) is 0.0707. The second-order valence-corrected chi connectivity index (χ2v) is 6.95. The van der Waals surface area contributed by atoms with Crippen LogP contribution in [0.25, 0.3) is 16.9 Å². The summed E-state index contributed by atoms with van der Waals surface area (Å²) < 4.78 is 17.9. The van der Waals surface area contributed by atoms with Gasteiger partial charge >= 0.3 is 5.69 Å². The molecule has 1 unspecified atom stereocenters. The van der Waals surface area contributed by atoms with Gasteiger partial charge in [-0.3, -0.25) is 18.5 Å². The Labute approximate surface area is 154 Å². The minimum absolute atomic E-state index is 0.00817. The standard InChI is InChI=1S/C18H21FN6O2/c1-22-15-14(16(26)23(2)18(22)27)25(13-7-3-5-11(19)9-13)17(21-15)24-8-4-6-12(20)10-24/h3,5,7,9,12H,4,6,8,10,20H2,1-2H3. The largest absolute Gasteiger partial charge is 0.340 e. The summed E-state index contributed by atoms with van der Waals surface area (Å²) in [5.41, 5.74) is 6.16. The maximum atomic E-state index is 13.9. The normalized spacial score (nSPS) is 17.6. The highest BCUT2D eigenvalue weighted by Crippen LogP contribution is 2.27. The molecule has 0 amide bonds. The lowest BCUT2D eigenvalue weighted by molar-refractivity contribution is 0.498. The van der Waals surface area contributed by atoms with Crippen molar-refractivity contribution in [1.82, 2.24) is 18.7 Å². The molecule has 1 fully saturated rings. The highest BCUT2D eigenvalue weighted by atomic mass is 19.1. The minimum atomic E-state index is -0.475. The van der Waals surface area contributed by atoms with Crippen LogP contribution in [0, 0.1) is 5.82 Å². The van der Waals surface area contributed by atoms with Gasteiger partial charge in [0.2, 0.25) is 5.95 Å². The van der Waals surface area contributed by atoms with Crippen LogP contribution in [0.5, 0.6) is 0 Å². The fourth-order valence-electron chi connectivity index (χ4n) is 3.65. The Bertz CT molecular complexity index is 1150. The smallest absolute Gasteiger partial charge is 0.332 e. The van der Waals surface area contributed by atoms with Gasteiger partial charge in [0.15, 0.2) is 11.2 Å². The number of nitrogens with two attached hydrogens (primary N) is 1. The van der Waals surface area contributed by atoms with Crippen molar-refractivity contribution in [3.63, 3.8) is 0 Å². The molecule has 3 aromatic rings. The molecule has 8 nitrogen and oxygen atoms in total. The lowest BCUT2D eigenvalue weighted by atomic mass is 10.1. The summed E-state index contributed by atoms with van der Waals surface area (Å²) in [4.78, 5) is 31.8. The van der Waals surface area contributed by atoms with Crippen LogP contribution in [-0.2, 0) is 14.1 Å². The van der Waals surface area contributed by atoms with Gasteiger partial charge in [0.25, 0.3) is 5.56 Å². The minimum Gasteiger partial charge on any atom is -0.340 e. The number of aryl methyl sites for hydroxylation is 1. The van der Waals surface area contributed by atoms with E-state index in [4.69, 9.17) is 5.73 Å². The fraction of sp³-hybridized carbons (Fsp3) is 0.389. The lowest BCUT2D eigenvalue weighted by Crippen LogP contribution is -2.44. The van der Waals surface area contributed by atoms with E-state index in [0.29, 0.717) is 18.2 Å². The number of halogens is 1. The molecule has 27 heavy (non-hydrogen) atoms. The molecule has 1 saturated heterocycles. The maximum Gasteiger partial charge on any atom is 0.332 e. The molecule has 0 aliphatic carbocycles. The van der Waals surface area contributed by atoms with Gasteiger partial charge in [0.1, 0.15) is 5.82 Å². The van der Waals surface area contributed by atoms with Crippen LogP contribution in [0.1, 0.15) is 12.8 Å². The predicted molar refractivity (Wildman–Crippen MR) is 101 cm³/mol. The molecule has 4 rings (SSSR count). The zero-order valence-corrected chi connectivity index (χ0v) is 15.2. The summed E-state index contributed by atoms with van der Waals surface area (Å²) in [6, 6.07) is 5.97. The van der Waals surface area contributed by atoms with Gasteiger partial charge in [0, 0.05) is 33.2 Å². The zero-order chi connectivity index (χ0) is 19.3. The number of aromatic nitrogens is 4. The lowest BCUT2D eigenvalue weighted by Gasteiger charge is -2.31. The fourth-order valence-corrected chi connectivity index (χ4v) is 3.65. The van der Waals surface area contributed by atoms with Crippen molar-refractivity contribution in [1.29, 1.82) is 0 Å². The number of piperidine rings is 1. The first-order valence-corrected chi connectivity index (χ1v) is 8.83. The Morgan fingerprint density at radius 2 is 2.00 bits per heavy atom. The summed E-state index contributed by atoms with van der Waals surface area (Å²) >= 11 is 0. The molecule has 2 N–H and O–H groups in total. The van der Waals surface area contributed by atoms with Crippen LogP contribution in [0.3, 0.4) is 0 Å². The van der Waals surface area contributed by atoms with Gasteiger partial charge in [0.05, 0.1) is 5.69 Å². The highest BCUT2D eigenvalue weighted by molar-refractivity contribution is 5.77. The molecule has 0 spiro atoms. The van der Waals surface area contributed by atoms with Crippen molar-refractivity contribution in [2.45, 2.75) is 18.9 Å². The SMILES string of the molecule is Cn1c(=O)c2c(nc(N3CCCC(N)C3)n2-c2cccc(F)c2)n(C)c1=O. The number of hydrogen-bond acceptors (Lipinski definition) is 5. The van der Waals surface area contributed by atoms with Gasteiger partial charge in [-0.25, -0.2) is 9.18 Å². The first-order valence-electron chi connectivity index (χ1n) is 8.83. The molecule has 2 aromatic heterocycles. The third kappa shape index (κ3) is 2.74. The summed E-state index contributed by atoms with van der Waals surface area (Å²) in [7, 11) is 2.99. The van der Waals surface area contributed by atoms with E-state index < -0.39 is 17.1 Å². The Morgan fingerprint density at radius 3 is 2.70 bits per heavy atom. The quantitative estimate of drug-likeness (QED) is 0.707. The maximum absolute atomic E-state index is 13.9. The highest BCUT2D eigenvalue weighted by Gasteiger charge is 2.26. The summed E-state index contributed by atoms with van der Waals surface area (Å²) in [6.45, 7) is 1.30. The molecule has 1 atom stereocenters. The van der Waals surface area contributed by atoms with Crippen LogP contribution < -0.4 is 21.9 Å². The van der Waals surface area contributed by atoms with Crippen LogP contribution in [0.4, 0.5) is 10.3 Å². The van der Waals surface area contributed by atoms with Crippen molar-refractivity contribution in [3.8, 4) is 5.69 Å². The van der Waals surface area contributed by atoms with Gasteiger partial charge in [-0.15, -0.1) is 0 Å². The second-order valence-electron chi connectivity index (χ2n) is 6.95. The number of nitrogens with zero attached hydrogens (tertiary/aromatic N) is 5. The van der Waals surface area contributed by atoms with E-state index in [0.717, 1.165) is 24.0 Å². The number of imidazole rings is 1. The average molecular weight is 372 g/mol. The molecule has 0 radical (unpaired) electrons. The summed E-state index contributed by atoms with van der Waals surface area (Å²) in [6.07, 6.45) is 1.81. The van der Waals surface area contributed by atoms with Crippen LogP contribution in [0.15, 0.2) is 33.9 Å². The first kappa shape index (κ1) is 17.5. The summed E-state index contributed by atoms with van der Waals surface area (Å²) in [5, 5.41) is 0. The molecule has 1 aromatic carbocycles. The van der Waals surface area contributed by atoms with E-state index in [-0.39, 0.29) is 17.2 Å². The molecular formula is C18H21FN6O2. The Kier molecular flexibility index (Phi) is 4.11. The molecule has 1 aliphatic rings. The van der Waals surface area contributed by atoms with Crippen LogP contribution in [-0.4, -0.2) is 37.8 Å². The van der Waals surface area contributed by atoms with Gasteiger partial charge in [-0.05, 0) is 31.0 Å². The number of anilines is 1. The third-order valence-corrected chi connectivity index (χ3v) is 5.05. The zero-order valence-electron chi connectivity index (χ0n) is 15.2. The van der Waals surface area contributed by atoms with Crippen molar-refractivity contribution in [2.75, 3.05) is 18.0 Å². The van der Waals surface area contributed by atoms with Crippen molar-refractivity contribution >= 4 is 17.1 Å². The van der Waals surface area contributed by atoms with E-state index >= 15 is 0 Å². The van der Waals surface area contributed by atoms with Gasteiger partial charge < -0.3 is 10.6 Å². The number of benzene rings is 1. The number of rotatable bonds is 2. The van der Waals surface area contributed by atoms with Gasteiger partial charge in [-0.2, -0.15) is 4.98 Å². The van der Waals surface area contributed by atoms with E-state index in [2.05, 4.69) is 4.98 Å². The molecule has 1 aliphatic heterocycles. The Morgan fingerprint density at radius 1 is 1.22 bits per heavy atom. The van der Waals surface area contributed by atoms with E-state index in [1.54, 1.807) is 23.7 Å². The molecule has 0 saturated carbocycles. The average Bonchev–Trinajstić information content (AvgIpc) is 3.05. The van der Waals surface area contributed by atoms with E-state index in [1.807, 2.05) is 4.90 Å². The molecule has 9 heteroatoms. The van der Waals surface area contributed by atoms with Crippen molar-refractivity contribution in [2.24, 2.45) is 19.8 Å². The Hall–Kier alpha value is -2.94. The second kappa shape index (κ2) is 6.34. The topological polar surface area (TPSA) is 91.1 Å². The van der Waals surface area contributed by atoms with Crippen molar-refractivity contribution in [3.05, 3.63) is 50.9 Å². The van der Waals surface area contributed by atoms with Crippen LogP contribution in [0.2, 0.25) is 0 Å². The third-order valence-electron chi connectivity index (χ3n) is 5.05. The number of fused-ring (bicyclic) bond motifs is 1. The molecular weight excluding hydrogens is 351 g/mol. The number of hydrogen-bond donors (Lipinski definition) is 1. The molecule has 142 valence electrons. The molecule has 3 heterocycles.